The number of nitriles is 1. The zero-order chi connectivity index (χ0) is 13.0. The van der Waals surface area contributed by atoms with Crippen LogP contribution in [0.5, 0.6) is 11.5 Å². The number of anilines is 1. The summed E-state index contributed by atoms with van der Waals surface area (Å²) in [6.45, 7) is 0.528. The summed E-state index contributed by atoms with van der Waals surface area (Å²) in [5.41, 5.74) is 2.36. The predicted octanol–water partition coefficient (Wildman–Crippen LogP) is 2.58. The van der Waals surface area contributed by atoms with E-state index in [1.807, 2.05) is 12.1 Å². The molecule has 0 radical (unpaired) electrons. The standard InChI is InChI=1S/C14H12N2O2/c15-8-10-1-4-12(5-2-10)16-9-11-3-6-13(17)14(18)7-11/h1-7,16-18H,9H2. The van der Waals surface area contributed by atoms with Gasteiger partial charge in [0.2, 0.25) is 0 Å². The van der Waals surface area contributed by atoms with E-state index in [0.29, 0.717) is 12.1 Å². The molecule has 0 aromatic heterocycles. The van der Waals surface area contributed by atoms with Gasteiger partial charge in [-0.05, 0) is 42.0 Å². The molecule has 4 nitrogen and oxygen atoms in total. The highest BCUT2D eigenvalue weighted by molar-refractivity contribution is 5.48. The molecule has 0 saturated heterocycles. The molecular weight excluding hydrogens is 228 g/mol. The van der Waals surface area contributed by atoms with Gasteiger partial charge in [-0.3, -0.25) is 0 Å². The Morgan fingerprint density at radius 3 is 2.33 bits per heavy atom. The van der Waals surface area contributed by atoms with E-state index in [0.717, 1.165) is 11.3 Å². The highest BCUT2D eigenvalue weighted by atomic mass is 16.3. The third-order valence-electron chi connectivity index (χ3n) is 2.55. The zero-order valence-corrected chi connectivity index (χ0v) is 9.59. The van der Waals surface area contributed by atoms with Crippen molar-refractivity contribution in [2.75, 3.05) is 5.32 Å². The van der Waals surface area contributed by atoms with Crippen molar-refractivity contribution in [3.63, 3.8) is 0 Å². The zero-order valence-electron chi connectivity index (χ0n) is 9.59. The Labute approximate surface area is 105 Å². The van der Waals surface area contributed by atoms with Crippen LogP contribution in [0, 0.1) is 11.3 Å². The Morgan fingerprint density at radius 1 is 1.00 bits per heavy atom. The van der Waals surface area contributed by atoms with Gasteiger partial charge >= 0.3 is 0 Å². The van der Waals surface area contributed by atoms with Crippen molar-refractivity contribution in [1.29, 1.82) is 5.26 Å². The minimum absolute atomic E-state index is 0.128. The largest absolute Gasteiger partial charge is 0.504 e. The van der Waals surface area contributed by atoms with E-state index in [9.17, 15) is 10.2 Å². The first-order valence-electron chi connectivity index (χ1n) is 5.44. The summed E-state index contributed by atoms with van der Waals surface area (Å²) in [6, 6.07) is 13.8. The molecule has 2 aromatic carbocycles. The van der Waals surface area contributed by atoms with E-state index in [4.69, 9.17) is 5.26 Å². The average molecular weight is 240 g/mol. The molecule has 0 bridgehead atoms. The Balaban J connectivity index is 2.02. The Bertz CT molecular complexity index is 586. The van der Waals surface area contributed by atoms with Crippen molar-refractivity contribution in [1.82, 2.24) is 0 Å². The van der Waals surface area contributed by atoms with E-state index < -0.39 is 0 Å². The summed E-state index contributed by atoms with van der Waals surface area (Å²) in [4.78, 5) is 0. The fourth-order valence-electron chi connectivity index (χ4n) is 1.55. The Morgan fingerprint density at radius 2 is 1.72 bits per heavy atom. The van der Waals surface area contributed by atoms with Crippen molar-refractivity contribution in [3.05, 3.63) is 53.6 Å². The van der Waals surface area contributed by atoms with Crippen LogP contribution in [0.25, 0.3) is 0 Å². The smallest absolute Gasteiger partial charge is 0.157 e. The fourth-order valence-corrected chi connectivity index (χ4v) is 1.55. The number of nitrogens with zero attached hydrogens (tertiary/aromatic N) is 1. The number of hydrogen-bond donors (Lipinski definition) is 3. The third-order valence-corrected chi connectivity index (χ3v) is 2.55. The van der Waals surface area contributed by atoms with Gasteiger partial charge in [0.05, 0.1) is 11.6 Å². The molecule has 0 aliphatic carbocycles. The maximum atomic E-state index is 9.35. The van der Waals surface area contributed by atoms with Crippen molar-refractivity contribution >= 4 is 5.69 Å². The normalized spacial score (nSPS) is 9.72. The number of phenolic OH excluding ortho intramolecular Hbond substituents is 2. The summed E-state index contributed by atoms with van der Waals surface area (Å²) < 4.78 is 0. The van der Waals surface area contributed by atoms with Crippen LogP contribution in [0.1, 0.15) is 11.1 Å². The van der Waals surface area contributed by atoms with Gasteiger partial charge in [0.1, 0.15) is 0 Å². The van der Waals surface area contributed by atoms with Crippen LogP contribution in [0.2, 0.25) is 0 Å². The Hall–Kier alpha value is -2.67. The molecule has 0 aliphatic rings. The highest BCUT2D eigenvalue weighted by Crippen LogP contribution is 2.25. The lowest BCUT2D eigenvalue weighted by Gasteiger charge is -2.07. The van der Waals surface area contributed by atoms with Crippen LogP contribution < -0.4 is 5.32 Å². The van der Waals surface area contributed by atoms with E-state index in [-0.39, 0.29) is 11.5 Å². The van der Waals surface area contributed by atoms with Crippen LogP contribution in [0.15, 0.2) is 42.5 Å². The number of phenols is 2. The van der Waals surface area contributed by atoms with Crippen molar-refractivity contribution < 1.29 is 10.2 Å². The second kappa shape index (κ2) is 5.11. The molecule has 4 heteroatoms. The molecule has 90 valence electrons. The number of aromatic hydroxyl groups is 2. The van der Waals surface area contributed by atoms with Gasteiger partial charge in [-0.2, -0.15) is 5.26 Å². The molecule has 0 atom stereocenters. The van der Waals surface area contributed by atoms with Gasteiger partial charge in [0.25, 0.3) is 0 Å². The minimum Gasteiger partial charge on any atom is -0.504 e. The maximum absolute atomic E-state index is 9.35. The SMILES string of the molecule is N#Cc1ccc(NCc2ccc(O)c(O)c2)cc1. The number of hydrogen-bond acceptors (Lipinski definition) is 4. The van der Waals surface area contributed by atoms with Crippen molar-refractivity contribution in [2.24, 2.45) is 0 Å². The molecule has 18 heavy (non-hydrogen) atoms. The van der Waals surface area contributed by atoms with Gasteiger partial charge in [0.15, 0.2) is 11.5 Å². The first-order valence-corrected chi connectivity index (χ1v) is 5.44. The highest BCUT2D eigenvalue weighted by Gasteiger charge is 2.00. The van der Waals surface area contributed by atoms with Crippen LogP contribution in [0.3, 0.4) is 0 Å². The van der Waals surface area contributed by atoms with Crippen LogP contribution >= 0.6 is 0 Å². The van der Waals surface area contributed by atoms with Gasteiger partial charge in [-0.15, -0.1) is 0 Å². The van der Waals surface area contributed by atoms with E-state index >= 15 is 0 Å². The number of nitrogens with one attached hydrogen (secondary N) is 1. The van der Waals surface area contributed by atoms with E-state index in [1.165, 1.54) is 12.1 Å². The molecule has 3 N–H and O–H groups in total. The summed E-state index contributed by atoms with van der Waals surface area (Å²) in [5.74, 6) is -0.258. The second-order valence-corrected chi connectivity index (χ2v) is 3.87. The monoisotopic (exact) mass is 240 g/mol. The van der Waals surface area contributed by atoms with Gasteiger partial charge in [-0.25, -0.2) is 0 Å². The molecule has 0 unspecified atom stereocenters. The molecule has 0 saturated carbocycles. The predicted molar refractivity (Wildman–Crippen MR) is 68.3 cm³/mol. The molecular formula is C14H12N2O2. The minimum atomic E-state index is -0.130. The van der Waals surface area contributed by atoms with Gasteiger partial charge < -0.3 is 15.5 Å². The molecule has 0 spiro atoms. The first kappa shape index (κ1) is 11.8. The van der Waals surface area contributed by atoms with Crippen LogP contribution in [-0.4, -0.2) is 10.2 Å². The molecule has 0 fully saturated rings. The van der Waals surface area contributed by atoms with E-state index in [2.05, 4.69) is 11.4 Å². The molecule has 0 amide bonds. The van der Waals surface area contributed by atoms with Crippen LogP contribution in [0.4, 0.5) is 5.69 Å². The lowest BCUT2D eigenvalue weighted by atomic mass is 10.2. The molecule has 2 rings (SSSR count). The first-order chi connectivity index (χ1) is 8.69. The number of rotatable bonds is 3. The molecule has 0 heterocycles. The fraction of sp³-hybridized carbons (Fsp3) is 0.0714. The van der Waals surface area contributed by atoms with E-state index in [1.54, 1.807) is 18.2 Å². The Kier molecular flexibility index (Phi) is 3.35. The lowest BCUT2D eigenvalue weighted by Crippen LogP contribution is -1.98. The summed E-state index contributed by atoms with van der Waals surface area (Å²) in [5, 5.41) is 30.4. The van der Waals surface area contributed by atoms with Crippen LogP contribution in [-0.2, 0) is 6.54 Å². The van der Waals surface area contributed by atoms with Gasteiger partial charge in [0, 0.05) is 12.2 Å². The third kappa shape index (κ3) is 2.71. The summed E-state index contributed by atoms with van der Waals surface area (Å²) in [7, 11) is 0. The van der Waals surface area contributed by atoms with Crippen molar-refractivity contribution in [3.8, 4) is 17.6 Å². The summed E-state index contributed by atoms with van der Waals surface area (Å²) >= 11 is 0. The molecule has 2 aromatic rings. The topological polar surface area (TPSA) is 76.3 Å². The quantitative estimate of drug-likeness (QED) is 0.721. The number of benzene rings is 2. The molecule has 0 aliphatic heterocycles. The van der Waals surface area contributed by atoms with Gasteiger partial charge in [-0.1, -0.05) is 6.07 Å². The van der Waals surface area contributed by atoms with Crippen molar-refractivity contribution in [2.45, 2.75) is 6.54 Å². The average Bonchev–Trinajstić information content (AvgIpc) is 2.41. The lowest BCUT2D eigenvalue weighted by molar-refractivity contribution is 0.403. The maximum Gasteiger partial charge on any atom is 0.157 e. The summed E-state index contributed by atoms with van der Waals surface area (Å²) in [6.07, 6.45) is 0. The second-order valence-electron chi connectivity index (χ2n) is 3.87.